The number of hydrogen-bond donors (Lipinski definition) is 0. The smallest absolute Gasteiger partial charge is 0.263 e. The summed E-state index contributed by atoms with van der Waals surface area (Å²) in [7, 11) is 0. The van der Waals surface area contributed by atoms with Crippen LogP contribution in [0.4, 0.5) is 10.2 Å². The van der Waals surface area contributed by atoms with Crippen molar-refractivity contribution in [2.45, 2.75) is 13.0 Å². The van der Waals surface area contributed by atoms with Crippen LogP contribution >= 0.6 is 0 Å². The average Bonchev–Trinajstić information content (AvgIpc) is 3.30. The third kappa shape index (κ3) is 4.31. The molecule has 1 fully saturated rings. The van der Waals surface area contributed by atoms with Crippen LogP contribution in [0.3, 0.4) is 0 Å². The van der Waals surface area contributed by atoms with Crippen molar-refractivity contribution < 1.29 is 13.9 Å². The van der Waals surface area contributed by atoms with Gasteiger partial charge in [-0.05, 0) is 31.2 Å². The summed E-state index contributed by atoms with van der Waals surface area (Å²) >= 11 is 0. The second-order valence-corrected chi connectivity index (χ2v) is 6.60. The average molecular weight is 397 g/mol. The van der Waals surface area contributed by atoms with Crippen LogP contribution in [0.5, 0.6) is 5.75 Å². The van der Waals surface area contributed by atoms with Gasteiger partial charge in [0.2, 0.25) is 0 Å². The third-order valence-corrected chi connectivity index (χ3v) is 4.68. The molecule has 0 aliphatic carbocycles. The summed E-state index contributed by atoms with van der Waals surface area (Å²) in [6, 6.07) is 7.48. The number of piperazine rings is 1. The van der Waals surface area contributed by atoms with Crippen LogP contribution in [0.25, 0.3) is 5.82 Å². The zero-order valence-corrected chi connectivity index (χ0v) is 15.8. The Balaban J connectivity index is 1.35. The molecule has 1 aliphatic rings. The summed E-state index contributed by atoms with van der Waals surface area (Å²) in [6.45, 7) is 4.09. The van der Waals surface area contributed by atoms with E-state index in [2.05, 4.69) is 25.0 Å². The van der Waals surface area contributed by atoms with Gasteiger partial charge in [0.25, 0.3) is 5.91 Å². The Morgan fingerprint density at radius 1 is 1.07 bits per heavy atom. The van der Waals surface area contributed by atoms with E-state index in [1.807, 2.05) is 6.07 Å². The van der Waals surface area contributed by atoms with E-state index in [-0.39, 0.29) is 11.7 Å². The highest BCUT2D eigenvalue weighted by Gasteiger charge is 2.26. The Bertz CT molecular complexity index is 957. The van der Waals surface area contributed by atoms with Crippen LogP contribution in [0.1, 0.15) is 6.92 Å². The molecule has 29 heavy (non-hydrogen) atoms. The van der Waals surface area contributed by atoms with Gasteiger partial charge in [-0.25, -0.2) is 24.0 Å². The Morgan fingerprint density at radius 3 is 2.48 bits per heavy atom. The van der Waals surface area contributed by atoms with Crippen LogP contribution in [0, 0.1) is 5.82 Å². The monoisotopic (exact) mass is 397 g/mol. The van der Waals surface area contributed by atoms with E-state index in [9.17, 15) is 9.18 Å². The number of halogens is 1. The van der Waals surface area contributed by atoms with Crippen molar-refractivity contribution in [2.75, 3.05) is 31.1 Å². The first-order valence-electron chi connectivity index (χ1n) is 9.23. The maximum Gasteiger partial charge on any atom is 0.263 e. The predicted molar refractivity (Wildman–Crippen MR) is 102 cm³/mol. The third-order valence-electron chi connectivity index (χ3n) is 4.68. The van der Waals surface area contributed by atoms with E-state index < -0.39 is 6.10 Å². The fourth-order valence-corrected chi connectivity index (χ4v) is 3.14. The molecule has 3 heterocycles. The molecule has 0 spiro atoms. The van der Waals surface area contributed by atoms with Gasteiger partial charge in [0.15, 0.2) is 11.9 Å². The van der Waals surface area contributed by atoms with Gasteiger partial charge in [-0.2, -0.15) is 5.10 Å². The maximum absolute atomic E-state index is 13.0. The van der Waals surface area contributed by atoms with E-state index >= 15 is 0 Å². The van der Waals surface area contributed by atoms with Crippen LogP contribution in [-0.4, -0.2) is 67.8 Å². The SMILES string of the molecule is CC(Oc1ccc(F)cc1)C(=O)N1CCN(c2cc(-n3cncn3)ncn2)CC1. The molecule has 0 N–H and O–H groups in total. The summed E-state index contributed by atoms with van der Waals surface area (Å²) in [5, 5.41) is 4.08. The van der Waals surface area contributed by atoms with Crippen molar-refractivity contribution >= 4 is 11.7 Å². The molecule has 3 aromatic rings. The molecule has 1 aromatic carbocycles. The van der Waals surface area contributed by atoms with Gasteiger partial charge in [-0.1, -0.05) is 0 Å². The Labute approximate surface area is 166 Å². The lowest BCUT2D eigenvalue weighted by atomic mass is 10.2. The molecule has 1 aliphatic heterocycles. The molecule has 9 nitrogen and oxygen atoms in total. The summed E-state index contributed by atoms with van der Waals surface area (Å²) < 4.78 is 20.2. The molecule has 0 bridgehead atoms. The molecule has 10 heteroatoms. The Hall–Kier alpha value is -3.56. The fourth-order valence-electron chi connectivity index (χ4n) is 3.14. The summed E-state index contributed by atoms with van der Waals surface area (Å²) in [5.41, 5.74) is 0. The van der Waals surface area contributed by atoms with Gasteiger partial charge in [0.1, 0.15) is 36.4 Å². The Morgan fingerprint density at radius 2 is 1.79 bits per heavy atom. The minimum absolute atomic E-state index is 0.0973. The molecule has 1 unspecified atom stereocenters. The number of carbonyl (C=O) groups is 1. The van der Waals surface area contributed by atoms with Crippen LogP contribution in [-0.2, 0) is 4.79 Å². The number of rotatable bonds is 5. The minimum atomic E-state index is -0.648. The van der Waals surface area contributed by atoms with Gasteiger partial charge in [-0.15, -0.1) is 0 Å². The van der Waals surface area contributed by atoms with E-state index in [1.54, 1.807) is 22.8 Å². The fraction of sp³-hybridized carbons (Fsp3) is 0.316. The molecule has 150 valence electrons. The Kier molecular flexibility index (Phi) is 5.32. The number of ether oxygens (including phenoxy) is 1. The first-order chi connectivity index (χ1) is 14.1. The van der Waals surface area contributed by atoms with Crippen LogP contribution in [0.15, 0.2) is 49.3 Å². The highest BCUT2D eigenvalue weighted by atomic mass is 19.1. The molecule has 4 rings (SSSR count). The second kappa shape index (κ2) is 8.21. The lowest BCUT2D eigenvalue weighted by Gasteiger charge is -2.36. The summed E-state index contributed by atoms with van der Waals surface area (Å²) in [6.07, 6.45) is 3.86. The normalized spacial score (nSPS) is 15.2. The zero-order chi connectivity index (χ0) is 20.2. The zero-order valence-electron chi connectivity index (χ0n) is 15.8. The van der Waals surface area contributed by atoms with Crippen molar-refractivity contribution in [3.8, 4) is 11.6 Å². The van der Waals surface area contributed by atoms with E-state index in [4.69, 9.17) is 4.74 Å². The van der Waals surface area contributed by atoms with Crippen LogP contribution in [0.2, 0.25) is 0 Å². The molecule has 2 aromatic heterocycles. The molecule has 1 atom stereocenters. The number of benzene rings is 1. The molecule has 0 saturated carbocycles. The topological polar surface area (TPSA) is 89.3 Å². The minimum Gasteiger partial charge on any atom is -0.481 e. The summed E-state index contributed by atoms with van der Waals surface area (Å²) in [5.74, 6) is 1.43. The second-order valence-electron chi connectivity index (χ2n) is 6.60. The summed E-state index contributed by atoms with van der Waals surface area (Å²) in [4.78, 5) is 29.0. The van der Waals surface area contributed by atoms with Gasteiger partial charge in [0.05, 0.1) is 0 Å². The van der Waals surface area contributed by atoms with E-state index in [0.29, 0.717) is 37.7 Å². The largest absolute Gasteiger partial charge is 0.481 e. The van der Waals surface area contributed by atoms with E-state index in [1.165, 1.54) is 36.9 Å². The van der Waals surface area contributed by atoms with Crippen molar-refractivity contribution in [3.05, 3.63) is 55.1 Å². The van der Waals surface area contributed by atoms with Gasteiger partial charge in [-0.3, -0.25) is 4.79 Å². The number of aromatic nitrogens is 5. The standard InChI is InChI=1S/C19H20FN7O2/c1-14(29-16-4-2-15(20)3-5-16)19(28)26-8-6-25(7-9-26)17-10-18(23-12-22-17)27-13-21-11-24-27/h2-5,10-14H,6-9H2,1H3. The maximum atomic E-state index is 13.0. The van der Waals surface area contributed by atoms with Crippen molar-refractivity contribution in [1.29, 1.82) is 0 Å². The first kappa shape index (κ1) is 18.8. The molecule has 0 radical (unpaired) electrons. The van der Waals surface area contributed by atoms with Crippen molar-refractivity contribution in [2.24, 2.45) is 0 Å². The first-order valence-corrected chi connectivity index (χ1v) is 9.23. The van der Waals surface area contributed by atoms with Gasteiger partial charge in [0, 0.05) is 32.2 Å². The van der Waals surface area contributed by atoms with Crippen molar-refractivity contribution in [1.82, 2.24) is 29.6 Å². The van der Waals surface area contributed by atoms with E-state index in [0.717, 1.165) is 5.82 Å². The molecule has 1 saturated heterocycles. The van der Waals surface area contributed by atoms with Crippen molar-refractivity contribution in [3.63, 3.8) is 0 Å². The van der Waals surface area contributed by atoms with Gasteiger partial charge < -0.3 is 14.5 Å². The number of hydrogen-bond acceptors (Lipinski definition) is 7. The highest BCUT2D eigenvalue weighted by molar-refractivity contribution is 5.81. The molecular formula is C19H20FN7O2. The molecule has 1 amide bonds. The number of amides is 1. The van der Waals surface area contributed by atoms with Gasteiger partial charge >= 0.3 is 0 Å². The quantitative estimate of drug-likeness (QED) is 0.641. The number of carbonyl (C=O) groups excluding carboxylic acids is 1. The highest BCUT2D eigenvalue weighted by Crippen LogP contribution is 2.17. The molecular weight excluding hydrogens is 377 g/mol. The van der Waals surface area contributed by atoms with Crippen LogP contribution < -0.4 is 9.64 Å². The predicted octanol–water partition coefficient (Wildman–Crippen LogP) is 1.31. The number of anilines is 1. The lowest BCUT2D eigenvalue weighted by Crippen LogP contribution is -2.52. The number of nitrogens with zero attached hydrogens (tertiary/aromatic N) is 7. The lowest BCUT2D eigenvalue weighted by molar-refractivity contribution is -0.138.